The van der Waals surface area contributed by atoms with Gasteiger partial charge in [0.15, 0.2) is 0 Å². The van der Waals surface area contributed by atoms with Crippen LogP contribution in [0, 0.1) is 31.4 Å². The van der Waals surface area contributed by atoms with E-state index in [1.54, 1.807) is 0 Å². The fraction of sp³-hybridized carbons (Fsp3) is 0.318. The highest BCUT2D eigenvalue weighted by molar-refractivity contribution is 6.16. The van der Waals surface area contributed by atoms with Crippen molar-refractivity contribution >= 4 is 34.6 Å². The lowest BCUT2D eigenvalue weighted by Gasteiger charge is -2.25. The van der Waals surface area contributed by atoms with Crippen LogP contribution in [0.2, 0.25) is 0 Å². The predicted octanol–water partition coefficient (Wildman–Crippen LogP) is 4.44. The van der Waals surface area contributed by atoms with Crippen LogP contribution in [0.1, 0.15) is 30.4 Å². The van der Waals surface area contributed by atoms with Gasteiger partial charge in [-0.05, 0) is 68.5 Å². The number of hydrogen-bond donors (Lipinski definition) is 1. The number of anilines is 2. The summed E-state index contributed by atoms with van der Waals surface area (Å²) in [4.78, 5) is 32.0. The molecular formula is C22H21F2N3O2. The number of fused-ring (bicyclic) bond motifs is 2. The number of rotatable bonds is 3. The number of aliphatic imine (C=N–C) groups is 1. The zero-order chi connectivity index (χ0) is 20.7. The van der Waals surface area contributed by atoms with E-state index in [-0.39, 0.29) is 24.1 Å². The van der Waals surface area contributed by atoms with Crippen LogP contribution in [0.3, 0.4) is 0 Å². The highest BCUT2D eigenvalue weighted by Crippen LogP contribution is 2.39. The van der Waals surface area contributed by atoms with Crippen molar-refractivity contribution in [2.45, 2.75) is 33.1 Å². The summed E-state index contributed by atoms with van der Waals surface area (Å²) >= 11 is 0. The minimum absolute atomic E-state index is 0.182. The number of aryl methyl sites for hydroxylation is 2. The SMILES string of the molecule is Cc1cc2c(cc1C)N(CC(=O)Nc1cc(F)ccc1F)C(=O)[C@@H]1CCCC1=N2. The van der Waals surface area contributed by atoms with Gasteiger partial charge in [-0.25, -0.2) is 8.78 Å². The number of halogens is 2. The Bertz CT molecular complexity index is 1050. The molecule has 2 aromatic rings. The molecule has 1 aliphatic carbocycles. The Morgan fingerprint density at radius 1 is 1.21 bits per heavy atom. The molecule has 0 spiro atoms. The van der Waals surface area contributed by atoms with Gasteiger partial charge in [0.25, 0.3) is 0 Å². The second kappa shape index (κ2) is 7.39. The van der Waals surface area contributed by atoms with E-state index >= 15 is 0 Å². The molecule has 4 rings (SSSR count). The Morgan fingerprint density at radius 2 is 1.97 bits per heavy atom. The lowest BCUT2D eigenvalue weighted by Crippen LogP contribution is -2.42. The van der Waals surface area contributed by atoms with E-state index < -0.39 is 17.5 Å². The Balaban J connectivity index is 1.67. The molecule has 1 aliphatic heterocycles. The topological polar surface area (TPSA) is 61.8 Å². The van der Waals surface area contributed by atoms with Gasteiger partial charge in [-0.1, -0.05) is 0 Å². The quantitative estimate of drug-likeness (QED) is 0.832. The molecule has 1 saturated carbocycles. The molecule has 0 unspecified atom stereocenters. The van der Waals surface area contributed by atoms with Crippen LogP contribution in [-0.4, -0.2) is 24.1 Å². The Kier molecular flexibility index (Phi) is 4.90. The maximum Gasteiger partial charge on any atom is 0.244 e. The Labute approximate surface area is 167 Å². The highest BCUT2D eigenvalue weighted by atomic mass is 19.1. The normalized spacial score (nSPS) is 18.1. The molecular weight excluding hydrogens is 376 g/mol. The van der Waals surface area contributed by atoms with Crippen molar-refractivity contribution in [1.29, 1.82) is 0 Å². The molecule has 0 radical (unpaired) electrons. The third-order valence-electron chi connectivity index (χ3n) is 5.54. The lowest BCUT2D eigenvalue weighted by molar-refractivity contribution is -0.123. The summed E-state index contributed by atoms with van der Waals surface area (Å²) in [5, 5.41) is 2.37. The number of carbonyl (C=O) groups excluding carboxylic acids is 2. The van der Waals surface area contributed by atoms with Crippen molar-refractivity contribution in [2.75, 3.05) is 16.8 Å². The van der Waals surface area contributed by atoms with Crippen LogP contribution in [0.25, 0.3) is 0 Å². The molecule has 1 heterocycles. The number of amides is 2. The summed E-state index contributed by atoms with van der Waals surface area (Å²) < 4.78 is 27.3. The number of nitrogens with one attached hydrogen (secondary N) is 1. The molecule has 2 aromatic carbocycles. The van der Waals surface area contributed by atoms with Gasteiger partial charge in [0.2, 0.25) is 11.8 Å². The number of carbonyl (C=O) groups is 2. The van der Waals surface area contributed by atoms with Crippen molar-refractivity contribution in [3.05, 3.63) is 53.1 Å². The van der Waals surface area contributed by atoms with Gasteiger partial charge in [0, 0.05) is 11.8 Å². The average molecular weight is 397 g/mol. The van der Waals surface area contributed by atoms with Crippen molar-refractivity contribution < 1.29 is 18.4 Å². The summed E-state index contributed by atoms with van der Waals surface area (Å²) in [6.45, 7) is 3.60. The van der Waals surface area contributed by atoms with E-state index in [0.717, 1.165) is 47.9 Å². The van der Waals surface area contributed by atoms with Crippen LogP contribution < -0.4 is 10.2 Å². The minimum atomic E-state index is -0.741. The molecule has 5 nitrogen and oxygen atoms in total. The maximum absolute atomic E-state index is 13.9. The number of nitrogens with zero attached hydrogens (tertiary/aromatic N) is 2. The molecule has 0 saturated heterocycles. The zero-order valence-corrected chi connectivity index (χ0v) is 16.3. The van der Waals surface area contributed by atoms with E-state index in [1.165, 1.54) is 4.90 Å². The van der Waals surface area contributed by atoms with Gasteiger partial charge in [-0.2, -0.15) is 0 Å². The van der Waals surface area contributed by atoms with Gasteiger partial charge in [0.1, 0.15) is 18.2 Å². The molecule has 7 heteroatoms. The molecule has 29 heavy (non-hydrogen) atoms. The Morgan fingerprint density at radius 3 is 2.76 bits per heavy atom. The largest absolute Gasteiger partial charge is 0.322 e. The van der Waals surface area contributed by atoms with E-state index in [2.05, 4.69) is 5.32 Å². The van der Waals surface area contributed by atoms with Crippen molar-refractivity contribution in [1.82, 2.24) is 0 Å². The smallest absolute Gasteiger partial charge is 0.244 e. The van der Waals surface area contributed by atoms with Gasteiger partial charge in [-0.15, -0.1) is 0 Å². The first-order chi connectivity index (χ1) is 13.8. The average Bonchev–Trinajstić information content (AvgIpc) is 3.10. The van der Waals surface area contributed by atoms with E-state index in [4.69, 9.17) is 4.99 Å². The van der Waals surface area contributed by atoms with Gasteiger partial charge in [0.05, 0.1) is 23.0 Å². The van der Waals surface area contributed by atoms with Crippen molar-refractivity contribution in [2.24, 2.45) is 10.9 Å². The van der Waals surface area contributed by atoms with Crippen LogP contribution >= 0.6 is 0 Å². The fourth-order valence-corrected chi connectivity index (χ4v) is 3.87. The molecule has 1 fully saturated rings. The molecule has 2 aliphatic rings. The van der Waals surface area contributed by atoms with Crippen LogP contribution in [0.15, 0.2) is 35.3 Å². The molecule has 150 valence electrons. The summed E-state index contributed by atoms with van der Waals surface area (Å²) in [5.41, 5.74) is 3.84. The number of benzene rings is 2. The highest BCUT2D eigenvalue weighted by Gasteiger charge is 2.37. The zero-order valence-electron chi connectivity index (χ0n) is 16.3. The van der Waals surface area contributed by atoms with Crippen LogP contribution in [-0.2, 0) is 9.59 Å². The second-order valence-electron chi connectivity index (χ2n) is 7.57. The minimum Gasteiger partial charge on any atom is -0.322 e. The molecule has 0 aromatic heterocycles. The summed E-state index contributed by atoms with van der Waals surface area (Å²) in [6.07, 6.45) is 2.33. The summed E-state index contributed by atoms with van der Waals surface area (Å²) in [7, 11) is 0. The first kappa shape index (κ1) is 19.2. The van der Waals surface area contributed by atoms with Crippen molar-refractivity contribution in [3.63, 3.8) is 0 Å². The van der Waals surface area contributed by atoms with Gasteiger partial charge < -0.3 is 10.2 Å². The maximum atomic E-state index is 13.9. The first-order valence-electron chi connectivity index (χ1n) is 9.58. The first-order valence-corrected chi connectivity index (χ1v) is 9.58. The third-order valence-corrected chi connectivity index (χ3v) is 5.54. The standard InChI is InChI=1S/C22H21F2N3O2/c1-12-8-19-20(9-13(12)2)27(22(29)15-4-3-5-17(15)25-19)11-21(28)26-18-10-14(23)6-7-16(18)24/h6-10,15H,3-5,11H2,1-2H3,(H,26,28)/t15-/m1/s1. The van der Waals surface area contributed by atoms with Crippen molar-refractivity contribution in [3.8, 4) is 0 Å². The monoisotopic (exact) mass is 397 g/mol. The fourth-order valence-electron chi connectivity index (χ4n) is 3.87. The second-order valence-corrected chi connectivity index (χ2v) is 7.57. The van der Waals surface area contributed by atoms with E-state index in [9.17, 15) is 18.4 Å². The van der Waals surface area contributed by atoms with Crippen LogP contribution in [0.5, 0.6) is 0 Å². The van der Waals surface area contributed by atoms with E-state index in [0.29, 0.717) is 17.8 Å². The van der Waals surface area contributed by atoms with Gasteiger partial charge >= 0.3 is 0 Å². The number of hydrogen-bond acceptors (Lipinski definition) is 3. The summed E-state index contributed by atoms with van der Waals surface area (Å²) in [6, 6.07) is 6.61. The van der Waals surface area contributed by atoms with E-state index in [1.807, 2.05) is 26.0 Å². The van der Waals surface area contributed by atoms with Gasteiger partial charge in [-0.3, -0.25) is 14.6 Å². The lowest BCUT2D eigenvalue weighted by atomic mass is 10.0. The van der Waals surface area contributed by atoms with Crippen LogP contribution in [0.4, 0.5) is 25.8 Å². The molecule has 0 bridgehead atoms. The summed E-state index contributed by atoms with van der Waals surface area (Å²) in [5.74, 6) is -2.53. The molecule has 1 N–H and O–H groups in total. The Hall–Kier alpha value is -3.09. The molecule has 2 amide bonds. The predicted molar refractivity (Wildman–Crippen MR) is 108 cm³/mol. The third kappa shape index (κ3) is 3.64. The molecule has 1 atom stereocenters.